The standard InChI is InChI=1S/C22H28O5/c1-5-17-13(2)27-22(14-6-7-20(25-3)21(10-14)26-4)19-9-16(12-24)15(11-23)8-18(17)19/h6-10,13,17,22-24H,5,11-12H2,1-4H3. The fraction of sp³-hybridized carbons (Fsp3) is 0.455. The minimum absolute atomic E-state index is 0.0344. The zero-order valence-corrected chi connectivity index (χ0v) is 16.4. The van der Waals surface area contributed by atoms with Crippen LogP contribution in [0.4, 0.5) is 0 Å². The van der Waals surface area contributed by atoms with Crippen LogP contribution in [-0.2, 0) is 18.0 Å². The summed E-state index contributed by atoms with van der Waals surface area (Å²) in [7, 11) is 3.23. The second-order valence-electron chi connectivity index (χ2n) is 6.92. The number of aliphatic hydroxyl groups is 2. The molecule has 0 aromatic heterocycles. The van der Waals surface area contributed by atoms with Crippen molar-refractivity contribution in [1.29, 1.82) is 0 Å². The molecule has 146 valence electrons. The van der Waals surface area contributed by atoms with Crippen molar-refractivity contribution < 1.29 is 24.4 Å². The Labute approximate surface area is 160 Å². The minimum Gasteiger partial charge on any atom is -0.493 e. The maximum Gasteiger partial charge on any atom is 0.161 e. The number of benzene rings is 2. The monoisotopic (exact) mass is 372 g/mol. The van der Waals surface area contributed by atoms with Crippen molar-refractivity contribution in [3.8, 4) is 11.5 Å². The molecule has 3 unspecified atom stereocenters. The molecule has 0 radical (unpaired) electrons. The number of aliphatic hydroxyl groups excluding tert-OH is 2. The molecule has 1 aliphatic rings. The summed E-state index contributed by atoms with van der Waals surface area (Å²) in [6.45, 7) is 4.02. The Morgan fingerprint density at radius 2 is 1.56 bits per heavy atom. The molecule has 0 spiro atoms. The summed E-state index contributed by atoms with van der Waals surface area (Å²) in [4.78, 5) is 0. The third-order valence-electron chi connectivity index (χ3n) is 5.50. The predicted octanol–water partition coefficient (Wildman–Crippen LogP) is 3.69. The Morgan fingerprint density at radius 3 is 2.11 bits per heavy atom. The van der Waals surface area contributed by atoms with Crippen LogP contribution in [-0.4, -0.2) is 30.5 Å². The van der Waals surface area contributed by atoms with Gasteiger partial charge in [-0.3, -0.25) is 0 Å². The first-order chi connectivity index (χ1) is 13.1. The van der Waals surface area contributed by atoms with Crippen LogP contribution < -0.4 is 9.47 Å². The lowest BCUT2D eigenvalue weighted by Gasteiger charge is -2.37. The van der Waals surface area contributed by atoms with Gasteiger partial charge in [-0.2, -0.15) is 0 Å². The molecule has 0 fully saturated rings. The molecule has 2 aromatic rings. The molecule has 5 nitrogen and oxygen atoms in total. The zero-order valence-electron chi connectivity index (χ0n) is 16.4. The Bertz CT molecular complexity index is 802. The summed E-state index contributed by atoms with van der Waals surface area (Å²) in [5.74, 6) is 1.57. The summed E-state index contributed by atoms with van der Waals surface area (Å²) in [6, 6.07) is 9.79. The van der Waals surface area contributed by atoms with Gasteiger partial charge in [0.15, 0.2) is 11.5 Å². The number of fused-ring (bicyclic) bond motifs is 1. The average Bonchev–Trinajstić information content (AvgIpc) is 2.71. The third-order valence-corrected chi connectivity index (χ3v) is 5.50. The molecule has 0 saturated carbocycles. The molecule has 1 aliphatic heterocycles. The van der Waals surface area contributed by atoms with Crippen molar-refractivity contribution in [3.63, 3.8) is 0 Å². The van der Waals surface area contributed by atoms with Gasteiger partial charge < -0.3 is 24.4 Å². The lowest BCUT2D eigenvalue weighted by Crippen LogP contribution is -2.29. The van der Waals surface area contributed by atoms with E-state index >= 15 is 0 Å². The fourth-order valence-corrected chi connectivity index (χ4v) is 4.03. The number of methoxy groups -OCH3 is 2. The molecule has 0 amide bonds. The summed E-state index contributed by atoms with van der Waals surface area (Å²) in [5.41, 5.74) is 4.69. The second-order valence-corrected chi connectivity index (χ2v) is 6.92. The van der Waals surface area contributed by atoms with Crippen LogP contribution in [0.2, 0.25) is 0 Å². The van der Waals surface area contributed by atoms with Crippen LogP contribution in [0.25, 0.3) is 0 Å². The molecule has 5 heteroatoms. The van der Waals surface area contributed by atoms with Gasteiger partial charge in [0.2, 0.25) is 0 Å². The van der Waals surface area contributed by atoms with E-state index in [0.717, 1.165) is 28.7 Å². The SMILES string of the molecule is CCC1c2cc(CO)c(CO)cc2C(c2ccc(OC)c(OC)c2)OC1C. The molecule has 2 aromatic carbocycles. The number of ether oxygens (including phenoxy) is 3. The van der Waals surface area contributed by atoms with E-state index in [2.05, 4.69) is 13.8 Å². The van der Waals surface area contributed by atoms with Gasteiger partial charge in [0.05, 0.1) is 33.5 Å². The zero-order chi connectivity index (χ0) is 19.6. The van der Waals surface area contributed by atoms with Crippen LogP contribution in [0.1, 0.15) is 60.1 Å². The molecule has 2 N–H and O–H groups in total. The first kappa shape index (κ1) is 19.7. The highest BCUT2D eigenvalue weighted by molar-refractivity contribution is 5.50. The number of hydrogen-bond donors (Lipinski definition) is 2. The molecular weight excluding hydrogens is 344 g/mol. The van der Waals surface area contributed by atoms with Crippen LogP contribution in [0.3, 0.4) is 0 Å². The Balaban J connectivity index is 2.16. The maximum atomic E-state index is 9.75. The Hall–Kier alpha value is -2.08. The molecule has 0 saturated heterocycles. The third kappa shape index (κ3) is 3.55. The average molecular weight is 372 g/mol. The van der Waals surface area contributed by atoms with E-state index in [-0.39, 0.29) is 31.3 Å². The smallest absolute Gasteiger partial charge is 0.161 e. The lowest BCUT2D eigenvalue weighted by atomic mass is 9.80. The number of hydrogen-bond acceptors (Lipinski definition) is 5. The summed E-state index contributed by atoms with van der Waals surface area (Å²) in [6.07, 6.45) is 0.707. The van der Waals surface area contributed by atoms with E-state index in [1.807, 2.05) is 30.3 Å². The van der Waals surface area contributed by atoms with E-state index < -0.39 is 0 Å². The highest BCUT2D eigenvalue weighted by Gasteiger charge is 2.34. The molecule has 0 bridgehead atoms. The van der Waals surface area contributed by atoms with Crippen molar-refractivity contribution in [2.75, 3.05) is 14.2 Å². The van der Waals surface area contributed by atoms with E-state index in [9.17, 15) is 10.2 Å². The molecule has 1 heterocycles. The summed E-state index contributed by atoms with van der Waals surface area (Å²) in [5, 5.41) is 19.5. The van der Waals surface area contributed by atoms with Crippen LogP contribution in [0, 0.1) is 0 Å². The highest BCUT2D eigenvalue weighted by atomic mass is 16.5. The van der Waals surface area contributed by atoms with E-state index in [4.69, 9.17) is 14.2 Å². The van der Waals surface area contributed by atoms with Gasteiger partial charge in [0.25, 0.3) is 0 Å². The van der Waals surface area contributed by atoms with E-state index in [0.29, 0.717) is 11.5 Å². The van der Waals surface area contributed by atoms with Gasteiger partial charge in [-0.25, -0.2) is 0 Å². The first-order valence-corrected chi connectivity index (χ1v) is 9.32. The van der Waals surface area contributed by atoms with Gasteiger partial charge in [0.1, 0.15) is 6.10 Å². The van der Waals surface area contributed by atoms with Crippen LogP contribution in [0.5, 0.6) is 11.5 Å². The second kappa shape index (κ2) is 8.30. The summed E-state index contributed by atoms with van der Waals surface area (Å²) < 4.78 is 17.2. The lowest BCUT2D eigenvalue weighted by molar-refractivity contribution is -0.0122. The van der Waals surface area contributed by atoms with Gasteiger partial charge in [0, 0.05) is 5.92 Å². The fourth-order valence-electron chi connectivity index (χ4n) is 4.03. The Kier molecular flexibility index (Phi) is 6.05. The summed E-state index contributed by atoms with van der Waals surface area (Å²) >= 11 is 0. The number of rotatable bonds is 6. The topological polar surface area (TPSA) is 68.2 Å². The molecule has 3 atom stereocenters. The highest BCUT2D eigenvalue weighted by Crippen LogP contribution is 2.45. The van der Waals surface area contributed by atoms with Gasteiger partial charge in [-0.15, -0.1) is 0 Å². The van der Waals surface area contributed by atoms with Crippen LogP contribution >= 0.6 is 0 Å². The quantitative estimate of drug-likeness (QED) is 0.809. The predicted molar refractivity (Wildman–Crippen MR) is 103 cm³/mol. The van der Waals surface area contributed by atoms with Crippen molar-refractivity contribution >= 4 is 0 Å². The molecule has 0 aliphatic carbocycles. The first-order valence-electron chi connectivity index (χ1n) is 9.32. The van der Waals surface area contributed by atoms with Crippen molar-refractivity contribution in [3.05, 3.63) is 58.1 Å². The maximum absolute atomic E-state index is 9.75. The largest absolute Gasteiger partial charge is 0.493 e. The van der Waals surface area contributed by atoms with Gasteiger partial charge >= 0.3 is 0 Å². The minimum atomic E-state index is -0.268. The van der Waals surface area contributed by atoms with Crippen molar-refractivity contribution in [2.24, 2.45) is 0 Å². The van der Waals surface area contributed by atoms with Gasteiger partial charge in [-0.1, -0.05) is 19.1 Å². The molecule has 27 heavy (non-hydrogen) atoms. The normalized spacial score (nSPS) is 21.6. The molecular formula is C22H28O5. The van der Waals surface area contributed by atoms with E-state index in [1.165, 1.54) is 5.56 Å². The Morgan fingerprint density at radius 1 is 0.926 bits per heavy atom. The van der Waals surface area contributed by atoms with Gasteiger partial charge in [-0.05, 0) is 59.4 Å². The molecule has 3 rings (SSSR count). The van der Waals surface area contributed by atoms with Crippen molar-refractivity contribution in [1.82, 2.24) is 0 Å². The van der Waals surface area contributed by atoms with Crippen LogP contribution in [0.15, 0.2) is 30.3 Å². The van der Waals surface area contributed by atoms with Crippen molar-refractivity contribution in [2.45, 2.75) is 51.6 Å². The van der Waals surface area contributed by atoms with E-state index in [1.54, 1.807) is 14.2 Å².